The molecule has 1 aromatic carbocycles. The van der Waals surface area contributed by atoms with Crippen molar-refractivity contribution < 1.29 is 22.7 Å². The van der Waals surface area contributed by atoms with E-state index >= 15 is 0 Å². The summed E-state index contributed by atoms with van der Waals surface area (Å²) in [6.07, 6.45) is -3.12. The first-order chi connectivity index (χ1) is 9.95. The number of nitrogens with one attached hydrogen (secondary N) is 2. The molecule has 1 aliphatic heterocycles. The number of carbonyl (C=O) groups is 1. The van der Waals surface area contributed by atoms with Crippen LogP contribution in [0.4, 0.5) is 23.7 Å². The molecule has 1 amide bonds. The van der Waals surface area contributed by atoms with Gasteiger partial charge in [-0.2, -0.15) is 13.2 Å². The summed E-state index contributed by atoms with van der Waals surface area (Å²) in [6.45, 7) is 2.15. The molecule has 1 fully saturated rings. The maximum Gasteiger partial charge on any atom is 0.416 e. The Kier molecular flexibility index (Phi) is 5.06. The van der Waals surface area contributed by atoms with Crippen molar-refractivity contribution in [2.24, 2.45) is 5.92 Å². The van der Waals surface area contributed by atoms with E-state index in [4.69, 9.17) is 4.74 Å². The number of hydrogen-bond donors (Lipinski definition) is 2. The molecule has 0 aromatic heterocycles. The number of rotatable bonds is 3. The lowest BCUT2D eigenvalue weighted by Gasteiger charge is -2.22. The summed E-state index contributed by atoms with van der Waals surface area (Å²) in [4.78, 5) is 11.6. The van der Waals surface area contributed by atoms with Gasteiger partial charge in [-0.05, 0) is 56.1 Å². The lowest BCUT2D eigenvalue weighted by molar-refractivity contribution is -0.137. The van der Waals surface area contributed by atoms with Crippen molar-refractivity contribution in [3.63, 3.8) is 0 Å². The van der Waals surface area contributed by atoms with E-state index in [1.54, 1.807) is 0 Å². The predicted octanol–water partition coefficient (Wildman–Crippen LogP) is 3.25. The van der Waals surface area contributed by atoms with Gasteiger partial charge in [0.15, 0.2) is 0 Å². The second kappa shape index (κ2) is 6.80. The minimum atomic E-state index is -4.38. The summed E-state index contributed by atoms with van der Waals surface area (Å²) in [6, 6.07) is 4.24. The average molecular weight is 302 g/mol. The van der Waals surface area contributed by atoms with Gasteiger partial charge >= 0.3 is 12.3 Å². The van der Waals surface area contributed by atoms with E-state index < -0.39 is 17.8 Å². The molecule has 4 nitrogen and oxygen atoms in total. The first kappa shape index (κ1) is 15.6. The van der Waals surface area contributed by atoms with E-state index in [9.17, 15) is 18.0 Å². The Bertz CT molecular complexity index is 468. The van der Waals surface area contributed by atoms with Gasteiger partial charge in [0.2, 0.25) is 0 Å². The van der Waals surface area contributed by atoms with Gasteiger partial charge in [0.05, 0.1) is 12.2 Å². The molecule has 0 atom stereocenters. The standard InChI is InChI=1S/C14H17F3N2O2/c15-14(16,17)11-1-3-12(4-2-11)19-13(20)21-9-10-5-7-18-8-6-10/h1-4,10,18H,5-9H2,(H,19,20). The number of anilines is 1. The van der Waals surface area contributed by atoms with Crippen LogP contribution in [0.5, 0.6) is 0 Å². The van der Waals surface area contributed by atoms with Crippen LogP contribution in [0.3, 0.4) is 0 Å². The normalized spacial score (nSPS) is 16.5. The Morgan fingerprint density at radius 3 is 2.43 bits per heavy atom. The molecule has 2 rings (SSSR count). The zero-order chi connectivity index (χ0) is 15.3. The molecule has 0 bridgehead atoms. The topological polar surface area (TPSA) is 50.4 Å². The lowest BCUT2D eigenvalue weighted by Crippen LogP contribution is -2.31. The van der Waals surface area contributed by atoms with Gasteiger partial charge in [0, 0.05) is 5.69 Å². The highest BCUT2D eigenvalue weighted by Gasteiger charge is 2.30. The molecular formula is C14H17F3N2O2. The molecule has 0 aliphatic carbocycles. The van der Waals surface area contributed by atoms with E-state index in [2.05, 4.69) is 10.6 Å². The van der Waals surface area contributed by atoms with Crippen molar-refractivity contribution in [2.45, 2.75) is 19.0 Å². The van der Waals surface area contributed by atoms with Gasteiger partial charge in [0.1, 0.15) is 0 Å². The lowest BCUT2D eigenvalue weighted by atomic mass is 9.99. The van der Waals surface area contributed by atoms with Crippen LogP contribution in [-0.2, 0) is 10.9 Å². The van der Waals surface area contributed by atoms with Gasteiger partial charge in [-0.15, -0.1) is 0 Å². The second-order valence-corrected chi connectivity index (χ2v) is 4.99. The number of amides is 1. The van der Waals surface area contributed by atoms with Crippen LogP contribution < -0.4 is 10.6 Å². The first-order valence-corrected chi connectivity index (χ1v) is 6.77. The third-order valence-corrected chi connectivity index (χ3v) is 3.37. The van der Waals surface area contributed by atoms with Crippen LogP contribution in [0.2, 0.25) is 0 Å². The first-order valence-electron chi connectivity index (χ1n) is 6.77. The Hall–Kier alpha value is -1.76. The summed E-state index contributed by atoms with van der Waals surface area (Å²) < 4.78 is 42.3. The molecule has 0 unspecified atom stereocenters. The highest BCUT2D eigenvalue weighted by Crippen LogP contribution is 2.29. The second-order valence-electron chi connectivity index (χ2n) is 4.99. The number of hydrogen-bond acceptors (Lipinski definition) is 3. The summed E-state index contributed by atoms with van der Waals surface area (Å²) in [5.41, 5.74) is -0.477. The molecule has 1 aliphatic rings. The fourth-order valence-corrected chi connectivity index (χ4v) is 2.14. The summed E-state index contributed by atoms with van der Waals surface area (Å²) >= 11 is 0. The largest absolute Gasteiger partial charge is 0.449 e. The molecule has 1 heterocycles. The molecule has 21 heavy (non-hydrogen) atoms. The van der Waals surface area contributed by atoms with Crippen LogP contribution in [0.15, 0.2) is 24.3 Å². The highest BCUT2D eigenvalue weighted by molar-refractivity contribution is 5.84. The Labute approximate surface area is 120 Å². The van der Waals surface area contributed by atoms with E-state index in [0.717, 1.165) is 38.1 Å². The minimum absolute atomic E-state index is 0.276. The monoisotopic (exact) mass is 302 g/mol. The van der Waals surface area contributed by atoms with Crippen molar-refractivity contribution in [3.05, 3.63) is 29.8 Å². The molecule has 0 saturated carbocycles. The van der Waals surface area contributed by atoms with Crippen molar-refractivity contribution >= 4 is 11.8 Å². The van der Waals surface area contributed by atoms with Gasteiger partial charge in [-0.1, -0.05) is 0 Å². The number of halogens is 3. The zero-order valence-electron chi connectivity index (χ0n) is 11.4. The van der Waals surface area contributed by atoms with Gasteiger partial charge in [-0.25, -0.2) is 4.79 Å². The van der Waals surface area contributed by atoms with Crippen LogP contribution in [0, 0.1) is 5.92 Å². The molecule has 1 aromatic rings. The molecule has 7 heteroatoms. The van der Waals surface area contributed by atoms with E-state index in [0.29, 0.717) is 12.5 Å². The van der Waals surface area contributed by atoms with Crippen LogP contribution in [-0.4, -0.2) is 25.8 Å². The van der Waals surface area contributed by atoms with Crippen LogP contribution in [0.1, 0.15) is 18.4 Å². The van der Waals surface area contributed by atoms with Gasteiger partial charge in [0.25, 0.3) is 0 Å². The number of carbonyl (C=O) groups excluding carboxylic acids is 1. The Morgan fingerprint density at radius 2 is 1.86 bits per heavy atom. The molecule has 0 radical (unpaired) electrons. The third-order valence-electron chi connectivity index (χ3n) is 3.37. The quantitative estimate of drug-likeness (QED) is 0.901. The smallest absolute Gasteiger partial charge is 0.416 e. The number of ether oxygens (including phenoxy) is 1. The fraction of sp³-hybridized carbons (Fsp3) is 0.500. The summed E-state index contributed by atoms with van der Waals surface area (Å²) in [5, 5.41) is 5.63. The van der Waals surface area contributed by atoms with Gasteiger partial charge < -0.3 is 10.1 Å². The molecule has 2 N–H and O–H groups in total. The maximum absolute atomic E-state index is 12.4. The molecule has 1 saturated heterocycles. The SMILES string of the molecule is O=C(Nc1ccc(C(F)(F)F)cc1)OCC1CCNCC1. The van der Waals surface area contributed by atoms with E-state index in [-0.39, 0.29) is 5.69 Å². The number of benzene rings is 1. The third kappa shape index (κ3) is 4.93. The van der Waals surface area contributed by atoms with Crippen molar-refractivity contribution in [2.75, 3.05) is 25.0 Å². The summed E-state index contributed by atoms with van der Waals surface area (Å²) in [5.74, 6) is 0.338. The van der Waals surface area contributed by atoms with Crippen molar-refractivity contribution in [3.8, 4) is 0 Å². The summed E-state index contributed by atoms with van der Waals surface area (Å²) in [7, 11) is 0. The number of piperidine rings is 1. The molecule has 116 valence electrons. The maximum atomic E-state index is 12.4. The van der Waals surface area contributed by atoms with E-state index in [1.165, 1.54) is 12.1 Å². The highest BCUT2D eigenvalue weighted by atomic mass is 19.4. The minimum Gasteiger partial charge on any atom is -0.449 e. The van der Waals surface area contributed by atoms with Crippen molar-refractivity contribution in [1.82, 2.24) is 5.32 Å². The average Bonchev–Trinajstić information content (AvgIpc) is 2.46. The predicted molar refractivity (Wildman–Crippen MR) is 72.0 cm³/mol. The Balaban J connectivity index is 1.79. The Morgan fingerprint density at radius 1 is 1.24 bits per heavy atom. The fourth-order valence-electron chi connectivity index (χ4n) is 2.14. The molecular weight excluding hydrogens is 285 g/mol. The van der Waals surface area contributed by atoms with Crippen LogP contribution >= 0.6 is 0 Å². The van der Waals surface area contributed by atoms with Crippen molar-refractivity contribution in [1.29, 1.82) is 0 Å². The van der Waals surface area contributed by atoms with Crippen LogP contribution in [0.25, 0.3) is 0 Å². The van der Waals surface area contributed by atoms with E-state index in [1.807, 2.05) is 0 Å². The zero-order valence-corrected chi connectivity index (χ0v) is 11.4. The molecule has 0 spiro atoms. The number of alkyl halides is 3. The van der Waals surface area contributed by atoms with Gasteiger partial charge in [-0.3, -0.25) is 5.32 Å².